The van der Waals surface area contributed by atoms with Gasteiger partial charge in [-0.05, 0) is 43.1 Å². The summed E-state index contributed by atoms with van der Waals surface area (Å²) in [4.78, 5) is 4.00. The Hall–Kier alpha value is -0.650. The third kappa shape index (κ3) is 2.64. The van der Waals surface area contributed by atoms with Gasteiger partial charge in [-0.25, -0.2) is 4.39 Å². The number of halogens is 1. The maximum Gasteiger partial charge on any atom is 0.147 e. The van der Waals surface area contributed by atoms with Gasteiger partial charge in [-0.15, -0.1) is 0 Å². The van der Waals surface area contributed by atoms with Gasteiger partial charge >= 0.3 is 0 Å². The fourth-order valence-corrected chi connectivity index (χ4v) is 4.42. The van der Waals surface area contributed by atoms with Crippen LogP contribution in [0.2, 0.25) is 0 Å². The standard InChI is InChI=1S/C14H18FNO2S/c15-11-2-1-5-16-12(11)13(17)10-3-6-18-14(8-10)4-7-19-9-14/h1-2,5,10,13,17H,3-4,6-9H2. The Kier molecular flexibility index (Phi) is 3.78. The zero-order valence-corrected chi connectivity index (χ0v) is 11.5. The van der Waals surface area contributed by atoms with Crippen molar-refractivity contribution < 1.29 is 14.2 Å². The van der Waals surface area contributed by atoms with Crippen LogP contribution in [0.25, 0.3) is 0 Å². The van der Waals surface area contributed by atoms with Gasteiger partial charge in [0, 0.05) is 18.6 Å². The first kappa shape index (κ1) is 13.3. The number of ether oxygens (including phenoxy) is 1. The molecule has 5 heteroatoms. The third-order valence-electron chi connectivity index (χ3n) is 4.11. The van der Waals surface area contributed by atoms with Crippen molar-refractivity contribution in [3.63, 3.8) is 0 Å². The number of aliphatic hydroxyl groups is 1. The molecule has 2 aliphatic heterocycles. The minimum Gasteiger partial charge on any atom is -0.386 e. The molecule has 2 fully saturated rings. The maximum atomic E-state index is 13.7. The second-order valence-electron chi connectivity index (χ2n) is 5.40. The molecule has 19 heavy (non-hydrogen) atoms. The van der Waals surface area contributed by atoms with Crippen LogP contribution in [-0.2, 0) is 4.74 Å². The normalized spacial score (nSPS) is 32.6. The molecule has 0 aliphatic carbocycles. The summed E-state index contributed by atoms with van der Waals surface area (Å²) in [5.41, 5.74) is 0.0787. The molecule has 0 amide bonds. The number of nitrogens with zero attached hydrogens (tertiary/aromatic N) is 1. The van der Waals surface area contributed by atoms with E-state index in [1.165, 1.54) is 12.3 Å². The fraction of sp³-hybridized carbons (Fsp3) is 0.643. The predicted molar refractivity (Wildman–Crippen MR) is 72.5 cm³/mol. The third-order valence-corrected chi connectivity index (χ3v) is 5.33. The zero-order chi connectivity index (χ0) is 13.3. The first-order valence-corrected chi connectivity index (χ1v) is 7.86. The van der Waals surface area contributed by atoms with Gasteiger partial charge in [0.05, 0.1) is 5.60 Å². The molecule has 3 nitrogen and oxygen atoms in total. The van der Waals surface area contributed by atoms with E-state index in [0.717, 1.165) is 30.8 Å². The van der Waals surface area contributed by atoms with Crippen LogP contribution in [0.4, 0.5) is 4.39 Å². The van der Waals surface area contributed by atoms with Crippen LogP contribution in [0.5, 0.6) is 0 Å². The number of aromatic nitrogens is 1. The molecule has 1 spiro atoms. The Morgan fingerprint density at radius 3 is 3.21 bits per heavy atom. The van der Waals surface area contributed by atoms with Crippen LogP contribution in [0.3, 0.4) is 0 Å². The number of hydrogen-bond donors (Lipinski definition) is 1. The van der Waals surface area contributed by atoms with E-state index >= 15 is 0 Å². The van der Waals surface area contributed by atoms with Crippen LogP contribution >= 0.6 is 11.8 Å². The number of pyridine rings is 1. The zero-order valence-electron chi connectivity index (χ0n) is 10.7. The smallest absolute Gasteiger partial charge is 0.147 e. The molecule has 3 unspecified atom stereocenters. The van der Waals surface area contributed by atoms with Crippen molar-refractivity contribution in [3.8, 4) is 0 Å². The molecule has 2 saturated heterocycles. The molecule has 2 aliphatic rings. The second-order valence-corrected chi connectivity index (χ2v) is 6.51. The quantitative estimate of drug-likeness (QED) is 0.906. The second kappa shape index (κ2) is 5.38. The molecule has 104 valence electrons. The summed E-state index contributed by atoms with van der Waals surface area (Å²) in [6, 6.07) is 2.90. The summed E-state index contributed by atoms with van der Waals surface area (Å²) in [5.74, 6) is 1.72. The number of rotatable bonds is 2. The number of aliphatic hydroxyl groups excluding tert-OH is 1. The highest BCUT2D eigenvalue weighted by molar-refractivity contribution is 7.99. The van der Waals surface area contributed by atoms with E-state index in [1.807, 2.05) is 11.8 Å². The van der Waals surface area contributed by atoms with E-state index in [4.69, 9.17) is 4.74 Å². The lowest BCUT2D eigenvalue weighted by molar-refractivity contribution is -0.103. The minimum absolute atomic E-state index is 0.0387. The van der Waals surface area contributed by atoms with Gasteiger partial charge in [0.15, 0.2) is 0 Å². The lowest BCUT2D eigenvalue weighted by Gasteiger charge is -2.39. The Labute approximate surface area is 116 Å². The van der Waals surface area contributed by atoms with Crippen molar-refractivity contribution in [3.05, 3.63) is 29.8 Å². The largest absolute Gasteiger partial charge is 0.386 e. The molecule has 0 radical (unpaired) electrons. The molecule has 0 saturated carbocycles. The van der Waals surface area contributed by atoms with Crippen molar-refractivity contribution in [2.75, 3.05) is 18.1 Å². The maximum absolute atomic E-state index is 13.7. The van der Waals surface area contributed by atoms with Crippen molar-refractivity contribution in [2.45, 2.75) is 31.0 Å². The van der Waals surface area contributed by atoms with Crippen molar-refractivity contribution in [1.29, 1.82) is 0 Å². The van der Waals surface area contributed by atoms with Gasteiger partial charge in [0.1, 0.15) is 17.6 Å². The highest BCUT2D eigenvalue weighted by atomic mass is 32.2. The van der Waals surface area contributed by atoms with E-state index in [2.05, 4.69) is 4.98 Å². The van der Waals surface area contributed by atoms with Gasteiger partial charge in [0.2, 0.25) is 0 Å². The van der Waals surface area contributed by atoms with Crippen molar-refractivity contribution in [2.24, 2.45) is 5.92 Å². The van der Waals surface area contributed by atoms with E-state index in [9.17, 15) is 9.50 Å². The van der Waals surface area contributed by atoms with E-state index < -0.39 is 11.9 Å². The Bertz CT molecular complexity index is 451. The predicted octanol–water partition coefficient (Wildman–Crippen LogP) is 2.56. The lowest BCUT2D eigenvalue weighted by atomic mass is 9.81. The Morgan fingerprint density at radius 1 is 1.58 bits per heavy atom. The molecule has 1 aromatic heterocycles. The Balaban J connectivity index is 1.76. The molecule has 3 atom stereocenters. The van der Waals surface area contributed by atoms with Crippen molar-refractivity contribution >= 4 is 11.8 Å². The summed E-state index contributed by atoms with van der Waals surface area (Å²) in [6.45, 7) is 0.650. The number of thioether (sulfide) groups is 1. The average Bonchev–Trinajstić information content (AvgIpc) is 2.86. The summed E-state index contributed by atoms with van der Waals surface area (Å²) in [5, 5.41) is 10.4. The molecule has 3 heterocycles. The summed E-state index contributed by atoms with van der Waals surface area (Å²) < 4.78 is 19.6. The molecule has 0 aromatic carbocycles. The van der Waals surface area contributed by atoms with Gasteiger partial charge in [-0.3, -0.25) is 4.98 Å². The van der Waals surface area contributed by atoms with Gasteiger partial charge in [0.25, 0.3) is 0 Å². The first-order chi connectivity index (χ1) is 9.20. The van der Waals surface area contributed by atoms with Gasteiger partial charge in [-0.1, -0.05) is 0 Å². The monoisotopic (exact) mass is 283 g/mol. The lowest BCUT2D eigenvalue weighted by Crippen LogP contribution is -2.41. The van der Waals surface area contributed by atoms with Crippen LogP contribution < -0.4 is 0 Å². The summed E-state index contributed by atoms with van der Waals surface area (Å²) in [7, 11) is 0. The highest BCUT2D eigenvalue weighted by Gasteiger charge is 2.43. The first-order valence-electron chi connectivity index (χ1n) is 6.70. The molecule has 3 rings (SSSR count). The fourth-order valence-electron chi connectivity index (χ4n) is 3.04. The van der Waals surface area contributed by atoms with E-state index in [1.54, 1.807) is 6.07 Å². The Morgan fingerprint density at radius 2 is 2.47 bits per heavy atom. The van der Waals surface area contributed by atoms with Crippen molar-refractivity contribution in [1.82, 2.24) is 4.98 Å². The molecule has 0 bridgehead atoms. The minimum atomic E-state index is -0.826. The summed E-state index contributed by atoms with van der Waals surface area (Å²) in [6.07, 6.45) is 3.31. The van der Waals surface area contributed by atoms with Gasteiger partial charge in [-0.2, -0.15) is 11.8 Å². The molecule has 1 N–H and O–H groups in total. The van der Waals surface area contributed by atoms with E-state index in [0.29, 0.717) is 6.61 Å². The van der Waals surface area contributed by atoms with Crippen LogP contribution in [0, 0.1) is 11.7 Å². The molecular formula is C14H18FNO2S. The van der Waals surface area contributed by atoms with Crippen LogP contribution in [0.1, 0.15) is 31.1 Å². The molecule has 1 aromatic rings. The average molecular weight is 283 g/mol. The van der Waals surface area contributed by atoms with E-state index in [-0.39, 0.29) is 17.2 Å². The van der Waals surface area contributed by atoms with Crippen LogP contribution in [-0.4, -0.2) is 33.8 Å². The highest BCUT2D eigenvalue weighted by Crippen LogP contribution is 2.43. The topological polar surface area (TPSA) is 42.4 Å². The summed E-state index contributed by atoms with van der Waals surface area (Å²) >= 11 is 1.90. The SMILES string of the molecule is OC(c1ncccc1F)C1CCOC2(CCSC2)C1. The van der Waals surface area contributed by atoms with Gasteiger partial charge < -0.3 is 9.84 Å². The number of hydrogen-bond acceptors (Lipinski definition) is 4. The molecular weight excluding hydrogens is 265 g/mol. The van der Waals surface area contributed by atoms with Crippen LogP contribution in [0.15, 0.2) is 18.3 Å².